The molecule has 2 aromatic rings. The number of ether oxygens (including phenoxy) is 1. The Hall–Kier alpha value is -1.06. The van der Waals surface area contributed by atoms with Crippen LogP contribution in [0.25, 0.3) is 0 Å². The van der Waals surface area contributed by atoms with Gasteiger partial charge in [0, 0.05) is 23.2 Å². The number of halogens is 2. The van der Waals surface area contributed by atoms with Crippen molar-refractivity contribution in [3.8, 4) is 0 Å². The lowest BCUT2D eigenvalue weighted by Crippen LogP contribution is -2.35. The van der Waals surface area contributed by atoms with Gasteiger partial charge in [-0.25, -0.2) is 0 Å². The van der Waals surface area contributed by atoms with Crippen LogP contribution in [0.15, 0.2) is 48.5 Å². The van der Waals surface area contributed by atoms with Gasteiger partial charge in [-0.1, -0.05) is 59.6 Å². The second-order valence-electron chi connectivity index (χ2n) is 4.90. The number of nitrogens with one attached hydrogen (secondary N) is 1. The Kier molecular flexibility index (Phi) is 6.07. The third-order valence-corrected chi connectivity index (χ3v) is 4.16. The van der Waals surface area contributed by atoms with Gasteiger partial charge in [0.15, 0.2) is 0 Å². The fraction of sp³-hybridized carbons (Fsp3) is 0.294. The molecule has 0 amide bonds. The van der Waals surface area contributed by atoms with Crippen molar-refractivity contribution in [3.05, 3.63) is 69.7 Å². The molecule has 0 aliphatic carbocycles. The van der Waals surface area contributed by atoms with E-state index >= 15 is 0 Å². The summed E-state index contributed by atoms with van der Waals surface area (Å²) in [4.78, 5) is 0. The van der Waals surface area contributed by atoms with Gasteiger partial charge in [0.05, 0.1) is 6.10 Å². The monoisotopic (exact) mass is 323 g/mol. The SMILES string of the molecule is CNC(Cc1ccc(Cl)cc1Cl)C(OC)c1ccccc1. The Morgan fingerprint density at radius 1 is 1.10 bits per heavy atom. The highest BCUT2D eigenvalue weighted by Gasteiger charge is 2.22. The van der Waals surface area contributed by atoms with E-state index in [1.54, 1.807) is 13.2 Å². The van der Waals surface area contributed by atoms with E-state index in [9.17, 15) is 0 Å². The van der Waals surface area contributed by atoms with Crippen LogP contribution in [0, 0.1) is 0 Å². The second-order valence-corrected chi connectivity index (χ2v) is 5.75. The topological polar surface area (TPSA) is 21.3 Å². The highest BCUT2D eigenvalue weighted by molar-refractivity contribution is 6.35. The molecule has 2 unspecified atom stereocenters. The number of rotatable bonds is 6. The lowest BCUT2D eigenvalue weighted by atomic mass is 9.96. The van der Waals surface area contributed by atoms with E-state index in [2.05, 4.69) is 17.4 Å². The molecule has 0 bridgehead atoms. The summed E-state index contributed by atoms with van der Waals surface area (Å²) in [6.07, 6.45) is 0.725. The molecule has 0 fully saturated rings. The lowest BCUT2D eigenvalue weighted by Gasteiger charge is -2.26. The summed E-state index contributed by atoms with van der Waals surface area (Å²) < 4.78 is 5.69. The van der Waals surface area contributed by atoms with Crippen molar-refractivity contribution in [2.45, 2.75) is 18.6 Å². The third-order valence-electron chi connectivity index (χ3n) is 3.57. The van der Waals surface area contributed by atoms with Crippen LogP contribution >= 0.6 is 23.2 Å². The molecule has 21 heavy (non-hydrogen) atoms. The van der Waals surface area contributed by atoms with Gasteiger partial charge < -0.3 is 10.1 Å². The molecule has 112 valence electrons. The minimum Gasteiger partial charge on any atom is -0.375 e. The molecule has 0 saturated heterocycles. The fourth-order valence-corrected chi connectivity index (χ4v) is 2.95. The summed E-state index contributed by atoms with van der Waals surface area (Å²) in [5.41, 5.74) is 2.20. The van der Waals surface area contributed by atoms with Crippen LogP contribution in [0.3, 0.4) is 0 Å². The number of hydrogen-bond acceptors (Lipinski definition) is 2. The Balaban J connectivity index is 2.22. The predicted octanol–water partition coefficient (Wildman–Crippen LogP) is 4.51. The van der Waals surface area contributed by atoms with Crippen molar-refractivity contribution in [2.75, 3.05) is 14.2 Å². The zero-order chi connectivity index (χ0) is 15.2. The molecular formula is C17H19Cl2NO. The second kappa shape index (κ2) is 7.81. The lowest BCUT2D eigenvalue weighted by molar-refractivity contribution is 0.0704. The van der Waals surface area contributed by atoms with Crippen LogP contribution in [-0.4, -0.2) is 20.2 Å². The van der Waals surface area contributed by atoms with Gasteiger partial charge in [-0.15, -0.1) is 0 Å². The van der Waals surface area contributed by atoms with E-state index in [4.69, 9.17) is 27.9 Å². The van der Waals surface area contributed by atoms with Crippen LogP contribution < -0.4 is 5.32 Å². The minimum atomic E-state index is -0.0389. The molecule has 0 spiro atoms. The van der Waals surface area contributed by atoms with Crippen LogP contribution in [0.2, 0.25) is 10.0 Å². The summed E-state index contributed by atoms with van der Waals surface area (Å²) in [5.74, 6) is 0. The van der Waals surface area contributed by atoms with Gasteiger partial charge in [0.2, 0.25) is 0 Å². The molecule has 2 nitrogen and oxygen atoms in total. The van der Waals surface area contributed by atoms with E-state index in [0.717, 1.165) is 17.5 Å². The summed E-state index contributed by atoms with van der Waals surface area (Å²) in [6, 6.07) is 15.9. The number of likely N-dealkylation sites (N-methyl/N-ethyl adjacent to an activating group) is 1. The molecule has 0 aliphatic rings. The minimum absolute atomic E-state index is 0.0389. The maximum Gasteiger partial charge on any atom is 0.0977 e. The molecule has 2 rings (SSSR count). The molecule has 0 aromatic heterocycles. The third kappa shape index (κ3) is 4.21. The van der Waals surface area contributed by atoms with E-state index in [1.807, 2.05) is 37.4 Å². The number of benzene rings is 2. The highest BCUT2D eigenvalue weighted by atomic mass is 35.5. The van der Waals surface area contributed by atoms with Crippen molar-refractivity contribution >= 4 is 23.2 Å². The summed E-state index contributed by atoms with van der Waals surface area (Å²) in [6.45, 7) is 0. The largest absolute Gasteiger partial charge is 0.375 e. The smallest absolute Gasteiger partial charge is 0.0977 e. The predicted molar refractivity (Wildman–Crippen MR) is 89.2 cm³/mol. The summed E-state index contributed by atoms with van der Waals surface area (Å²) in [5, 5.41) is 4.66. The number of hydrogen-bond donors (Lipinski definition) is 1. The average molecular weight is 324 g/mol. The zero-order valence-electron chi connectivity index (χ0n) is 12.1. The standard InChI is InChI=1S/C17H19Cl2NO/c1-20-16(10-13-8-9-14(18)11-15(13)19)17(21-2)12-6-4-3-5-7-12/h3-9,11,16-17,20H,10H2,1-2H3. The van der Waals surface area contributed by atoms with Crippen molar-refractivity contribution < 1.29 is 4.74 Å². The molecule has 2 atom stereocenters. The van der Waals surface area contributed by atoms with Gasteiger partial charge in [-0.2, -0.15) is 0 Å². The van der Waals surface area contributed by atoms with Gasteiger partial charge in [-0.05, 0) is 36.7 Å². The molecule has 2 aromatic carbocycles. The van der Waals surface area contributed by atoms with Crippen LogP contribution in [0.5, 0.6) is 0 Å². The first-order chi connectivity index (χ1) is 10.2. The molecular weight excluding hydrogens is 305 g/mol. The molecule has 1 N–H and O–H groups in total. The maximum absolute atomic E-state index is 6.27. The first-order valence-corrected chi connectivity index (χ1v) is 7.60. The first kappa shape index (κ1) is 16.3. The Labute approximate surface area is 136 Å². The molecule has 0 heterocycles. The van der Waals surface area contributed by atoms with Crippen molar-refractivity contribution in [1.82, 2.24) is 5.32 Å². The number of methoxy groups -OCH3 is 1. The van der Waals surface area contributed by atoms with Crippen molar-refractivity contribution in [2.24, 2.45) is 0 Å². The van der Waals surface area contributed by atoms with E-state index in [-0.39, 0.29) is 12.1 Å². The highest BCUT2D eigenvalue weighted by Crippen LogP contribution is 2.27. The molecule has 4 heteroatoms. The Bertz CT molecular complexity index is 574. The fourth-order valence-electron chi connectivity index (χ4n) is 2.46. The maximum atomic E-state index is 6.27. The zero-order valence-corrected chi connectivity index (χ0v) is 13.7. The van der Waals surface area contributed by atoms with Gasteiger partial charge in [-0.3, -0.25) is 0 Å². The molecule has 0 radical (unpaired) electrons. The normalized spacial score (nSPS) is 13.9. The Morgan fingerprint density at radius 2 is 1.81 bits per heavy atom. The quantitative estimate of drug-likeness (QED) is 0.844. The van der Waals surface area contributed by atoms with Gasteiger partial charge >= 0.3 is 0 Å². The van der Waals surface area contributed by atoms with E-state index < -0.39 is 0 Å². The first-order valence-electron chi connectivity index (χ1n) is 6.84. The van der Waals surface area contributed by atoms with Crippen molar-refractivity contribution in [1.29, 1.82) is 0 Å². The summed E-state index contributed by atoms with van der Waals surface area (Å²) in [7, 11) is 3.66. The molecule has 0 saturated carbocycles. The van der Waals surface area contributed by atoms with Crippen LogP contribution in [0.4, 0.5) is 0 Å². The molecule has 0 aliphatic heterocycles. The summed E-state index contributed by atoms with van der Waals surface area (Å²) >= 11 is 12.2. The van der Waals surface area contributed by atoms with Crippen molar-refractivity contribution in [3.63, 3.8) is 0 Å². The van der Waals surface area contributed by atoms with Crippen LogP contribution in [-0.2, 0) is 11.2 Å². The van der Waals surface area contributed by atoms with Gasteiger partial charge in [0.1, 0.15) is 0 Å². The van der Waals surface area contributed by atoms with E-state index in [0.29, 0.717) is 10.0 Å². The van der Waals surface area contributed by atoms with E-state index in [1.165, 1.54) is 0 Å². The average Bonchev–Trinajstić information content (AvgIpc) is 2.50. The van der Waals surface area contributed by atoms with Crippen LogP contribution in [0.1, 0.15) is 17.2 Å². The Morgan fingerprint density at radius 3 is 2.38 bits per heavy atom. The van der Waals surface area contributed by atoms with Gasteiger partial charge in [0.25, 0.3) is 0 Å².